The Balaban J connectivity index is 1.90. The summed E-state index contributed by atoms with van der Waals surface area (Å²) in [4.78, 5) is 2.50. The molecule has 0 aromatic rings. The van der Waals surface area contributed by atoms with Crippen LogP contribution < -0.4 is 0 Å². The van der Waals surface area contributed by atoms with Gasteiger partial charge in [0, 0.05) is 13.1 Å². The summed E-state index contributed by atoms with van der Waals surface area (Å²) in [5.74, 6) is 0.969. The van der Waals surface area contributed by atoms with E-state index in [9.17, 15) is 0 Å². The third-order valence-electron chi connectivity index (χ3n) is 2.83. The van der Waals surface area contributed by atoms with Crippen LogP contribution in [0.3, 0.4) is 0 Å². The van der Waals surface area contributed by atoms with E-state index >= 15 is 0 Å². The number of nitrogens with zero attached hydrogens (tertiary/aromatic N) is 1. The Morgan fingerprint density at radius 1 is 1.46 bits per heavy atom. The van der Waals surface area contributed by atoms with Gasteiger partial charge in [0.05, 0.1) is 6.10 Å². The Labute approximate surface area is 81.9 Å². The van der Waals surface area contributed by atoms with E-state index in [1.165, 1.54) is 32.5 Å². The van der Waals surface area contributed by atoms with Crippen LogP contribution in [0.5, 0.6) is 0 Å². The molecule has 2 heteroatoms. The van der Waals surface area contributed by atoms with Crippen molar-refractivity contribution < 1.29 is 5.11 Å². The van der Waals surface area contributed by atoms with Crippen LogP contribution in [0.4, 0.5) is 0 Å². The van der Waals surface area contributed by atoms with Crippen LogP contribution >= 0.6 is 0 Å². The summed E-state index contributed by atoms with van der Waals surface area (Å²) in [5, 5.41) is 9.07. The maximum atomic E-state index is 9.07. The zero-order valence-electron chi connectivity index (χ0n) is 9.00. The number of hydrogen-bond acceptors (Lipinski definition) is 2. The van der Waals surface area contributed by atoms with Crippen molar-refractivity contribution >= 4 is 0 Å². The molecule has 13 heavy (non-hydrogen) atoms. The minimum absolute atomic E-state index is 0.118. The summed E-state index contributed by atoms with van der Waals surface area (Å²) in [6.45, 7) is 7.92. The first-order chi connectivity index (χ1) is 6.22. The summed E-state index contributed by atoms with van der Waals surface area (Å²) in [7, 11) is 0. The second kappa shape index (κ2) is 5.61. The second-order valence-corrected chi connectivity index (χ2v) is 4.41. The standard InChI is InChI=1S/C11H23NO/c1-3-5-11-8-12(9-11)7-4-6-10(2)13/h10-11,13H,3-9H2,1-2H3. The fourth-order valence-corrected chi connectivity index (χ4v) is 2.06. The van der Waals surface area contributed by atoms with E-state index < -0.39 is 0 Å². The fraction of sp³-hybridized carbons (Fsp3) is 1.00. The van der Waals surface area contributed by atoms with E-state index in [1.807, 2.05) is 6.92 Å². The number of hydrogen-bond donors (Lipinski definition) is 1. The number of likely N-dealkylation sites (tertiary alicyclic amines) is 1. The average Bonchev–Trinajstić information content (AvgIpc) is 1.99. The molecule has 78 valence electrons. The van der Waals surface area contributed by atoms with Crippen molar-refractivity contribution in [2.45, 2.75) is 45.6 Å². The molecule has 1 atom stereocenters. The molecule has 1 aliphatic rings. The molecule has 0 spiro atoms. The molecule has 1 heterocycles. The van der Waals surface area contributed by atoms with Crippen LogP contribution in [0.15, 0.2) is 0 Å². The Kier molecular flexibility index (Phi) is 4.74. The summed E-state index contributed by atoms with van der Waals surface area (Å²) in [6, 6.07) is 0. The zero-order chi connectivity index (χ0) is 9.68. The predicted molar refractivity (Wildman–Crippen MR) is 55.8 cm³/mol. The highest BCUT2D eigenvalue weighted by molar-refractivity contribution is 4.78. The lowest BCUT2D eigenvalue weighted by Gasteiger charge is -2.39. The normalized spacial score (nSPS) is 21.5. The van der Waals surface area contributed by atoms with E-state index in [0.717, 1.165) is 18.8 Å². The Bertz CT molecular complexity index is 130. The predicted octanol–water partition coefficient (Wildman–Crippen LogP) is 1.88. The van der Waals surface area contributed by atoms with Gasteiger partial charge in [-0.05, 0) is 38.6 Å². The highest BCUT2D eigenvalue weighted by atomic mass is 16.3. The smallest absolute Gasteiger partial charge is 0.0512 e. The number of rotatable bonds is 6. The topological polar surface area (TPSA) is 23.5 Å². The van der Waals surface area contributed by atoms with E-state index in [-0.39, 0.29) is 6.10 Å². The zero-order valence-corrected chi connectivity index (χ0v) is 9.00. The van der Waals surface area contributed by atoms with E-state index in [4.69, 9.17) is 5.11 Å². The Morgan fingerprint density at radius 3 is 2.69 bits per heavy atom. The molecule has 1 unspecified atom stereocenters. The molecular formula is C11H23NO. The van der Waals surface area contributed by atoms with Gasteiger partial charge < -0.3 is 10.0 Å². The van der Waals surface area contributed by atoms with E-state index in [1.54, 1.807) is 0 Å². The van der Waals surface area contributed by atoms with Gasteiger partial charge in [-0.1, -0.05) is 13.3 Å². The molecule has 0 amide bonds. The van der Waals surface area contributed by atoms with Gasteiger partial charge >= 0.3 is 0 Å². The molecule has 1 aliphatic heterocycles. The maximum absolute atomic E-state index is 9.07. The Morgan fingerprint density at radius 2 is 2.15 bits per heavy atom. The molecule has 1 fully saturated rings. The minimum atomic E-state index is -0.118. The molecule has 1 N–H and O–H groups in total. The molecule has 0 aliphatic carbocycles. The molecular weight excluding hydrogens is 162 g/mol. The third-order valence-corrected chi connectivity index (χ3v) is 2.83. The van der Waals surface area contributed by atoms with Crippen LogP contribution in [-0.2, 0) is 0 Å². The van der Waals surface area contributed by atoms with Crippen LogP contribution in [0.25, 0.3) is 0 Å². The van der Waals surface area contributed by atoms with Gasteiger partial charge in [-0.3, -0.25) is 0 Å². The minimum Gasteiger partial charge on any atom is -0.393 e. The van der Waals surface area contributed by atoms with Gasteiger partial charge in [-0.15, -0.1) is 0 Å². The van der Waals surface area contributed by atoms with Gasteiger partial charge in [0.15, 0.2) is 0 Å². The number of aliphatic hydroxyl groups excluding tert-OH is 1. The SMILES string of the molecule is CCCC1CN(CCCC(C)O)C1. The molecule has 0 aromatic carbocycles. The van der Waals surface area contributed by atoms with Gasteiger partial charge in [-0.2, -0.15) is 0 Å². The highest BCUT2D eigenvalue weighted by Crippen LogP contribution is 2.20. The largest absolute Gasteiger partial charge is 0.393 e. The monoisotopic (exact) mass is 185 g/mol. The molecule has 1 saturated heterocycles. The Hall–Kier alpha value is -0.0800. The first-order valence-electron chi connectivity index (χ1n) is 5.62. The highest BCUT2D eigenvalue weighted by Gasteiger charge is 2.24. The first-order valence-corrected chi connectivity index (χ1v) is 5.62. The molecule has 2 nitrogen and oxygen atoms in total. The maximum Gasteiger partial charge on any atom is 0.0512 e. The lowest BCUT2D eigenvalue weighted by Crippen LogP contribution is -2.46. The molecule has 1 rings (SSSR count). The van der Waals surface area contributed by atoms with Crippen molar-refractivity contribution in [1.29, 1.82) is 0 Å². The van der Waals surface area contributed by atoms with Crippen molar-refractivity contribution in [3.05, 3.63) is 0 Å². The van der Waals surface area contributed by atoms with Crippen LogP contribution in [0.2, 0.25) is 0 Å². The van der Waals surface area contributed by atoms with E-state index in [2.05, 4.69) is 11.8 Å². The summed E-state index contributed by atoms with van der Waals surface area (Å²) >= 11 is 0. The molecule has 0 bridgehead atoms. The van der Waals surface area contributed by atoms with Gasteiger partial charge in [-0.25, -0.2) is 0 Å². The summed E-state index contributed by atoms with van der Waals surface area (Å²) < 4.78 is 0. The van der Waals surface area contributed by atoms with Gasteiger partial charge in [0.25, 0.3) is 0 Å². The van der Waals surface area contributed by atoms with Crippen molar-refractivity contribution in [3.8, 4) is 0 Å². The van der Waals surface area contributed by atoms with Crippen molar-refractivity contribution in [3.63, 3.8) is 0 Å². The number of aliphatic hydroxyl groups is 1. The lowest BCUT2D eigenvalue weighted by atomic mass is 9.95. The van der Waals surface area contributed by atoms with E-state index in [0.29, 0.717) is 0 Å². The molecule has 0 aromatic heterocycles. The van der Waals surface area contributed by atoms with Gasteiger partial charge in [0.1, 0.15) is 0 Å². The van der Waals surface area contributed by atoms with Crippen molar-refractivity contribution in [1.82, 2.24) is 4.90 Å². The quantitative estimate of drug-likeness (QED) is 0.683. The van der Waals surface area contributed by atoms with Gasteiger partial charge in [0.2, 0.25) is 0 Å². The lowest BCUT2D eigenvalue weighted by molar-refractivity contribution is 0.0852. The van der Waals surface area contributed by atoms with Crippen LogP contribution in [-0.4, -0.2) is 35.7 Å². The molecule has 0 saturated carbocycles. The van der Waals surface area contributed by atoms with Crippen molar-refractivity contribution in [2.75, 3.05) is 19.6 Å². The first kappa shape index (κ1) is 11.0. The fourth-order valence-electron chi connectivity index (χ4n) is 2.06. The van der Waals surface area contributed by atoms with Crippen molar-refractivity contribution in [2.24, 2.45) is 5.92 Å². The average molecular weight is 185 g/mol. The molecule has 0 radical (unpaired) electrons. The summed E-state index contributed by atoms with van der Waals surface area (Å²) in [6.07, 6.45) is 4.71. The summed E-state index contributed by atoms with van der Waals surface area (Å²) in [5.41, 5.74) is 0. The third kappa shape index (κ3) is 4.10. The van der Waals surface area contributed by atoms with Crippen LogP contribution in [0, 0.1) is 5.92 Å². The second-order valence-electron chi connectivity index (χ2n) is 4.41. The van der Waals surface area contributed by atoms with Crippen LogP contribution in [0.1, 0.15) is 39.5 Å².